The quantitative estimate of drug-likeness (QED) is 0.777. The molecule has 4 heteroatoms. The van der Waals surface area contributed by atoms with Gasteiger partial charge in [0.1, 0.15) is 16.2 Å². The SMILES string of the molecule is CC(C)c1nc(Br)cc(N2CCC(C)C(C)C2)n1. The zero-order chi connectivity index (χ0) is 13.3. The molecule has 0 spiro atoms. The number of rotatable bonds is 2. The molecule has 18 heavy (non-hydrogen) atoms. The summed E-state index contributed by atoms with van der Waals surface area (Å²) in [5.41, 5.74) is 0. The van der Waals surface area contributed by atoms with E-state index in [1.54, 1.807) is 0 Å². The van der Waals surface area contributed by atoms with Crippen molar-refractivity contribution in [2.75, 3.05) is 18.0 Å². The van der Waals surface area contributed by atoms with Crippen molar-refractivity contribution in [3.05, 3.63) is 16.5 Å². The highest BCUT2D eigenvalue weighted by atomic mass is 79.9. The van der Waals surface area contributed by atoms with Gasteiger partial charge in [0.25, 0.3) is 0 Å². The predicted molar refractivity (Wildman–Crippen MR) is 79.0 cm³/mol. The van der Waals surface area contributed by atoms with Crippen molar-refractivity contribution in [2.45, 2.75) is 40.0 Å². The maximum absolute atomic E-state index is 4.70. The Hall–Kier alpha value is -0.640. The van der Waals surface area contributed by atoms with Gasteiger partial charge < -0.3 is 4.90 Å². The lowest BCUT2D eigenvalue weighted by atomic mass is 9.89. The highest BCUT2D eigenvalue weighted by Crippen LogP contribution is 2.27. The van der Waals surface area contributed by atoms with Gasteiger partial charge in [0, 0.05) is 25.1 Å². The van der Waals surface area contributed by atoms with E-state index in [0.717, 1.165) is 41.2 Å². The van der Waals surface area contributed by atoms with E-state index < -0.39 is 0 Å². The molecule has 1 fully saturated rings. The van der Waals surface area contributed by atoms with E-state index in [2.05, 4.69) is 53.5 Å². The number of anilines is 1. The Balaban J connectivity index is 2.23. The summed E-state index contributed by atoms with van der Waals surface area (Å²) in [4.78, 5) is 11.5. The second kappa shape index (κ2) is 5.55. The molecule has 0 bridgehead atoms. The van der Waals surface area contributed by atoms with E-state index in [-0.39, 0.29) is 0 Å². The monoisotopic (exact) mass is 311 g/mol. The van der Waals surface area contributed by atoms with Crippen molar-refractivity contribution < 1.29 is 0 Å². The minimum Gasteiger partial charge on any atom is -0.356 e. The van der Waals surface area contributed by atoms with Gasteiger partial charge in [-0.05, 0) is 34.2 Å². The van der Waals surface area contributed by atoms with Crippen molar-refractivity contribution in [3.8, 4) is 0 Å². The average Bonchev–Trinajstić information content (AvgIpc) is 2.31. The molecule has 0 aliphatic carbocycles. The Morgan fingerprint density at radius 3 is 2.61 bits per heavy atom. The van der Waals surface area contributed by atoms with Crippen LogP contribution < -0.4 is 4.90 Å². The largest absolute Gasteiger partial charge is 0.356 e. The Kier molecular flexibility index (Phi) is 4.25. The second-order valence-electron chi connectivity index (χ2n) is 5.75. The summed E-state index contributed by atoms with van der Waals surface area (Å²) in [6.07, 6.45) is 1.25. The van der Waals surface area contributed by atoms with E-state index >= 15 is 0 Å². The molecule has 1 saturated heterocycles. The molecule has 2 heterocycles. The molecule has 0 N–H and O–H groups in total. The second-order valence-corrected chi connectivity index (χ2v) is 6.56. The molecule has 1 aliphatic rings. The number of piperidine rings is 1. The fourth-order valence-electron chi connectivity index (χ4n) is 2.31. The van der Waals surface area contributed by atoms with E-state index in [9.17, 15) is 0 Å². The van der Waals surface area contributed by atoms with Crippen molar-refractivity contribution in [3.63, 3.8) is 0 Å². The highest BCUT2D eigenvalue weighted by molar-refractivity contribution is 9.10. The molecule has 1 aromatic rings. The smallest absolute Gasteiger partial charge is 0.134 e. The van der Waals surface area contributed by atoms with Crippen LogP contribution in [0.3, 0.4) is 0 Å². The van der Waals surface area contributed by atoms with Gasteiger partial charge in [0.2, 0.25) is 0 Å². The van der Waals surface area contributed by atoms with Gasteiger partial charge in [-0.3, -0.25) is 0 Å². The summed E-state index contributed by atoms with van der Waals surface area (Å²) >= 11 is 3.50. The first-order valence-corrected chi connectivity index (χ1v) is 7.56. The van der Waals surface area contributed by atoms with Crippen molar-refractivity contribution in [2.24, 2.45) is 11.8 Å². The first-order chi connectivity index (χ1) is 8.47. The van der Waals surface area contributed by atoms with Gasteiger partial charge in [-0.1, -0.05) is 27.7 Å². The standard InChI is InChI=1S/C14H22BrN3/c1-9(2)14-16-12(15)7-13(17-14)18-6-5-10(3)11(4)8-18/h7,9-11H,5-6,8H2,1-4H3. The van der Waals surface area contributed by atoms with Crippen LogP contribution >= 0.6 is 15.9 Å². The van der Waals surface area contributed by atoms with Crippen molar-refractivity contribution in [1.82, 2.24) is 9.97 Å². The summed E-state index contributed by atoms with van der Waals surface area (Å²) in [5, 5.41) is 0. The molecule has 0 amide bonds. The van der Waals surface area contributed by atoms with Crippen LogP contribution in [0.25, 0.3) is 0 Å². The molecule has 0 aromatic carbocycles. The van der Waals surface area contributed by atoms with E-state index in [4.69, 9.17) is 4.98 Å². The molecular formula is C14H22BrN3. The Morgan fingerprint density at radius 2 is 2.00 bits per heavy atom. The molecule has 1 aliphatic heterocycles. The normalized spacial score (nSPS) is 24.7. The third-order valence-corrected chi connectivity index (χ3v) is 4.28. The van der Waals surface area contributed by atoms with Crippen LogP contribution in [0.4, 0.5) is 5.82 Å². The Labute approximate surface area is 118 Å². The Bertz CT molecular complexity index is 420. The molecule has 0 radical (unpaired) electrons. The highest BCUT2D eigenvalue weighted by Gasteiger charge is 2.24. The average molecular weight is 312 g/mol. The van der Waals surface area contributed by atoms with Gasteiger partial charge in [-0.2, -0.15) is 0 Å². The third kappa shape index (κ3) is 3.02. The maximum Gasteiger partial charge on any atom is 0.134 e. The van der Waals surface area contributed by atoms with Crippen LogP contribution in [0.5, 0.6) is 0 Å². The topological polar surface area (TPSA) is 29.0 Å². The van der Waals surface area contributed by atoms with Crippen LogP contribution in [0.1, 0.15) is 45.9 Å². The summed E-state index contributed by atoms with van der Waals surface area (Å²) in [7, 11) is 0. The van der Waals surface area contributed by atoms with Gasteiger partial charge in [-0.25, -0.2) is 9.97 Å². The minimum atomic E-state index is 0.363. The molecule has 3 nitrogen and oxygen atoms in total. The third-order valence-electron chi connectivity index (χ3n) is 3.87. The fourth-order valence-corrected chi connectivity index (χ4v) is 2.70. The van der Waals surface area contributed by atoms with E-state index in [1.807, 2.05) is 6.07 Å². The zero-order valence-electron chi connectivity index (χ0n) is 11.7. The summed E-state index contributed by atoms with van der Waals surface area (Å²) in [6.45, 7) is 11.1. The first-order valence-electron chi connectivity index (χ1n) is 6.76. The van der Waals surface area contributed by atoms with Crippen LogP contribution in [0.2, 0.25) is 0 Å². The van der Waals surface area contributed by atoms with E-state index in [0.29, 0.717) is 5.92 Å². The maximum atomic E-state index is 4.70. The zero-order valence-corrected chi connectivity index (χ0v) is 13.2. The lowest BCUT2D eigenvalue weighted by molar-refractivity contribution is 0.322. The lowest BCUT2D eigenvalue weighted by Gasteiger charge is -2.36. The van der Waals surface area contributed by atoms with Gasteiger partial charge >= 0.3 is 0 Å². The number of halogens is 1. The summed E-state index contributed by atoms with van der Waals surface area (Å²) in [6, 6.07) is 2.04. The summed E-state index contributed by atoms with van der Waals surface area (Å²) in [5.74, 6) is 3.90. The fraction of sp³-hybridized carbons (Fsp3) is 0.714. The first kappa shape index (κ1) is 13.8. The van der Waals surface area contributed by atoms with Gasteiger partial charge in [0.15, 0.2) is 0 Å². The van der Waals surface area contributed by atoms with Gasteiger partial charge in [-0.15, -0.1) is 0 Å². The lowest BCUT2D eigenvalue weighted by Crippen LogP contribution is -2.39. The molecule has 0 saturated carbocycles. The number of nitrogens with zero attached hydrogens (tertiary/aromatic N) is 3. The van der Waals surface area contributed by atoms with Crippen molar-refractivity contribution >= 4 is 21.7 Å². The number of hydrogen-bond donors (Lipinski definition) is 0. The van der Waals surface area contributed by atoms with Crippen molar-refractivity contribution in [1.29, 1.82) is 0 Å². The van der Waals surface area contributed by atoms with Crippen LogP contribution in [0.15, 0.2) is 10.7 Å². The molecule has 2 rings (SSSR count). The van der Waals surface area contributed by atoms with E-state index in [1.165, 1.54) is 6.42 Å². The minimum absolute atomic E-state index is 0.363. The molecule has 2 unspecified atom stereocenters. The molecular weight excluding hydrogens is 290 g/mol. The molecule has 1 aromatic heterocycles. The summed E-state index contributed by atoms with van der Waals surface area (Å²) < 4.78 is 0.891. The number of aromatic nitrogens is 2. The molecule has 2 atom stereocenters. The van der Waals surface area contributed by atoms with Crippen LogP contribution in [-0.4, -0.2) is 23.1 Å². The van der Waals surface area contributed by atoms with Crippen LogP contribution in [0, 0.1) is 11.8 Å². The van der Waals surface area contributed by atoms with Gasteiger partial charge in [0.05, 0.1) is 0 Å². The Morgan fingerprint density at radius 1 is 1.28 bits per heavy atom. The van der Waals surface area contributed by atoms with Crippen LogP contribution in [-0.2, 0) is 0 Å². The molecule has 100 valence electrons. The predicted octanol–water partition coefficient (Wildman–Crippen LogP) is 3.84. The number of hydrogen-bond acceptors (Lipinski definition) is 3.